The molecule has 0 aliphatic heterocycles. The Labute approximate surface area is 56.1 Å². The lowest BCUT2D eigenvalue weighted by molar-refractivity contribution is 0.137. The van der Waals surface area contributed by atoms with E-state index in [0.29, 0.717) is 0 Å². The third-order valence-electron chi connectivity index (χ3n) is 2.03. The lowest BCUT2D eigenvalue weighted by atomic mass is 10.1. The molecule has 3 N–H and O–H groups in total. The third kappa shape index (κ3) is 1.95. The molecule has 1 saturated carbocycles. The molecule has 2 heteroatoms. The quantitative estimate of drug-likeness (QED) is 0.471. The van der Waals surface area contributed by atoms with E-state index < -0.39 is 0 Å². The van der Waals surface area contributed by atoms with Gasteiger partial charge in [-0.15, -0.1) is 0 Å². The highest BCUT2D eigenvalue weighted by molar-refractivity contribution is 4.74. The third-order valence-corrected chi connectivity index (χ3v) is 2.03. The van der Waals surface area contributed by atoms with Gasteiger partial charge < -0.3 is 10.8 Å². The van der Waals surface area contributed by atoms with Gasteiger partial charge in [-0.2, -0.15) is 0 Å². The molecule has 1 fully saturated rings. The summed E-state index contributed by atoms with van der Waals surface area (Å²) in [6.45, 7) is 0. The zero-order chi connectivity index (χ0) is 6.69. The van der Waals surface area contributed by atoms with Crippen molar-refractivity contribution in [3.05, 3.63) is 0 Å². The van der Waals surface area contributed by atoms with Crippen LogP contribution in [-0.2, 0) is 0 Å². The normalized spacial score (nSPS) is 38.0. The van der Waals surface area contributed by atoms with Crippen LogP contribution < -0.4 is 5.73 Å². The van der Waals surface area contributed by atoms with Crippen LogP contribution in [0, 0.1) is 0 Å². The van der Waals surface area contributed by atoms with Crippen molar-refractivity contribution in [1.82, 2.24) is 0 Å². The van der Waals surface area contributed by atoms with Crippen LogP contribution in [0.4, 0.5) is 0 Å². The van der Waals surface area contributed by atoms with Crippen molar-refractivity contribution in [3.63, 3.8) is 0 Å². The van der Waals surface area contributed by atoms with Crippen molar-refractivity contribution < 1.29 is 5.11 Å². The van der Waals surface area contributed by atoms with E-state index in [0.717, 1.165) is 19.3 Å². The van der Waals surface area contributed by atoms with Gasteiger partial charge in [0.1, 0.15) is 0 Å². The molecule has 0 bridgehead atoms. The summed E-state index contributed by atoms with van der Waals surface area (Å²) in [5.41, 5.74) is 5.63. The first-order valence-corrected chi connectivity index (χ1v) is 3.74. The van der Waals surface area contributed by atoms with Crippen LogP contribution in [0.5, 0.6) is 0 Å². The van der Waals surface area contributed by atoms with Gasteiger partial charge in [-0.3, -0.25) is 0 Å². The average molecular weight is 129 g/mol. The van der Waals surface area contributed by atoms with Gasteiger partial charge in [-0.05, 0) is 12.8 Å². The Kier molecular flexibility index (Phi) is 2.49. The molecule has 1 aliphatic carbocycles. The molecule has 2 nitrogen and oxygen atoms in total. The summed E-state index contributed by atoms with van der Waals surface area (Å²) in [7, 11) is 0. The lowest BCUT2D eigenvalue weighted by Crippen LogP contribution is -2.33. The first-order valence-electron chi connectivity index (χ1n) is 3.74. The number of rotatable bonds is 0. The van der Waals surface area contributed by atoms with E-state index in [1.165, 1.54) is 12.8 Å². The first kappa shape index (κ1) is 7.03. The zero-order valence-electron chi connectivity index (χ0n) is 5.71. The van der Waals surface area contributed by atoms with Crippen molar-refractivity contribution in [3.8, 4) is 0 Å². The summed E-state index contributed by atoms with van der Waals surface area (Å²) in [5, 5.41) is 9.23. The molecule has 0 amide bonds. The van der Waals surface area contributed by atoms with Gasteiger partial charge in [0.05, 0.1) is 6.10 Å². The molecule has 0 aromatic rings. The smallest absolute Gasteiger partial charge is 0.0691 e. The molecule has 0 heterocycles. The second-order valence-corrected chi connectivity index (χ2v) is 2.87. The van der Waals surface area contributed by atoms with Crippen molar-refractivity contribution in [2.75, 3.05) is 0 Å². The van der Waals surface area contributed by atoms with Gasteiger partial charge in [0.25, 0.3) is 0 Å². The van der Waals surface area contributed by atoms with E-state index in [1.54, 1.807) is 0 Å². The molecule has 0 aromatic carbocycles. The molecule has 0 saturated heterocycles. The van der Waals surface area contributed by atoms with E-state index >= 15 is 0 Å². The van der Waals surface area contributed by atoms with Crippen LogP contribution in [0.25, 0.3) is 0 Å². The summed E-state index contributed by atoms with van der Waals surface area (Å²) in [6.07, 6.45) is 5.26. The van der Waals surface area contributed by atoms with Gasteiger partial charge in [-0.25, -0.2) is 0 Å². The van der Waals surface area contributed by atoms with Gasteiger partial charge in [0.2, 0.25) is 0 Å². The second kappa shape index (κ2) is 3.18. The number of aliphatic hydroxyl groups excluding tert-OH is 1. The highest BCUT2D eigenvalue weighted by Gasteiger charge is 2.16. The van der Waals surface area contributed by atoms with Crippen molar-refractivity contribution in [2.45, 2.75) is 44.2 Å². The lowest BCUT2D eigenvalue weighted by Gasteiger charge is -2.13. The Morgan fingerprint density at radius 2 is 1.78 bits per heavy atom. The summed E-state index contributed by atoms with van der Waals surface area (Å²) >= 11 is 0. The Bertz CT molecular complexity index is 75.0. The second-order valence-electron chi connectivity index (χ2n) is 2.87. The molecular formula is C7H15NO. The van der Waals surface area contributed by atoms with Crippen molar-refractivity contribution >= 4 is 0 Å². The number of hydrogen-bond acceptors (Lipinski definition) is 2. The van der Waals surface area contributed by atoms with E-state index in [-0.39, 0.29) is 12.1 Å². The SMILES string of the molecule is N[C@@H]1CCCCC[C@@H]1O. The Morgan fingerprint density at radius 3 is 2.56 bits per heavy atom. The van der Waals surface area contributed by atoms with Crippen molar-refractivity contribution in [2.24, 2.45) is 5.73 Å². The highest BCUT2D eigenvalue weighted by Crippen LogP contribution is 2.15. The van der Waals surface area contributed by atoms with E-state index in [9.17, 15) is 5.11 Å². The molecule has 0 radical (unpaired) electrons. The fourth-order valence-corrected chi connectivity index (χ4v) is 1.32. The van der Waals surface area contributed by atoms with Crippen molar-refractivity contribution in [1.29, 1.82) is 0 Å². The van der Waals surface area contributed by atoms with Crippen LogP contribution in [0.2, 0.25) is 0 Å². The maximum Gasteiger partial charge on any atom is 0.0691 e. The Balaban J connectivity index is 2.32. The van der Waals surface area contributed by atoms with Crippen LogP contribution >= 0.6 is 0 Å². The number of nitrogens with two attached hydrogens (primary N) is 1. The molecule has 1 rings (SSSR count). The largest absolute Gasteiger partial charge is 0.392 e. The average Bonchev–Trinajstić information content (AvgIpc) is 1.99. The standard InChI is InChI=1S/C7H15NO/c8-6-4-2-1-3-5-7(6)9/h6-7,9H,1-5,8H2/t6-,7+/m1/s1. The predicted molar refractivity (Wildman–Crippen MR) is 37.1 cm³/mol. The van der Waals surface area contributed by atoms with E-state index in [1.807, 2.05) is 0 Å². The van der Waals surface area contributed by atoms with Gasteiger partial charge >= 0.3 is 0 Å². The minimum atomic E-state index is -0.229. The molecule has 0 spiro atoms. The molecular weight excluding hydrogens is 114 g/mol. The highest BCUT2D eigenvalue weighted by atomic mass is 16.3. The van der Waals surface area contributed by atoms with Crippen LogP contribution in [-0.4, -0.2) is 17.3 Å². The maximum absolute atomic E-state index is 9.23. The topological polar surface area (TPSA) is 46.2 Å². The first-order chi connectivity index (χ1) is 4.30. The fraction of sp³-hybridized carbons (Fsp3) is 1.00. The number of aliphatic hydroxyl groups is 1. The molecule has 2 atom stereocenters. The Hall–Kier alpha value is -0.0800. The summed E-state index contributed by atoms with van der Waals surface area (Å²) in [5.74, 6) is 0. The maximum atomic E-state index is 9.23. The molecule has 0 aromatic heterocycles. The van der Waals surface area contributed by atoms with Crippen LogP contribution in [0.15, 0.2) is 0 Å². The Morgan fingerprint density at radius 1 is 1.11 bits per heavy atom. The summed E-state index contributed by atoms with van der Waals surface area (Å²) in [4.78, 5) is 0. The van der Waals surface area contributed by atoms with E-state index in [4.69, 9.17) is 5.73 Å². The van der Waals surface area contributed by atoms with Gasteiger partial charge in [0, 0.05) is 6.04 Å². The van der Waals surface area contributed by atoms with Gasteiger partial charge in [-0.1, -0.05) is 19.3 Å². The van der Waals surface area contributed by atoms with Crippen LogP contribution in [0.1, 0.15) is 32.1 Å². The van der Waals surface area contributed by atoms with E-state index in [2.05, 4.69) is 0 Å². The van der Waals surface area contributed by atoms with Gasteiger partial charge in [0.15, 0.2) is 0 Å². The summed E-state index contributed by atoms with van der Waals surface area (Å²) in [6, 6.07) is 0.0486. The molecule has 54 valence electrons. The predicted octanol–water partition coefficient (Wildman–Crippen LogP) is 0.639. The van der Waals surface area contributed by atoms with Crippen LogP contribution in [0.3, 0.4) is 0 Å². The fourth-order valence-electron chi connectivity index (χ4n) is 1.32. The molecule has 9 heavy (non-hydrogen) atoms. The monoisotopic (exact) mass is 129 g/mol. The molecule has 1 aliphatic rings. The zero-order valence-corrected chi connectivity index (χ0v) is 5.71. The minimum Gasteiger partial charge on any atom is -0.392 e. The number of hydrogen-bond donors (Lipinski definition) is 2. The molecule has 0 unspecified atom stereocenters. The minimum absolute atomic E-state index is 0.0486. The summed E-state index contributed by atoms with van der Waals surface area (Å²) < 4.78 is 0.